The van der Waals surface area contributed by atoms with Crippen molar-refractivity contribution in [1.29, 1.82) is 0 Å². The molecule has 0 bridgehead atoms. The van der Waals surface area contributed by atoms with E-state index in [9.17, 15) is 9.59 Å². The zero-order valence-electron chi connectivity index (χ0n) is 11.2. The minimum atomic E-state index is 0.540. The number of isocyanates is 2. The molecule has 0 aromatic heterocycles. The van der Waals surface area contributed by atoms with Crippen LogP contribution in [-0.2, 0) is 9.59 Å². The van der Waals surface area contributed by atoms with Crippen LogP contribution in [0.15, 0.2) is 46.4 Å². The molecule has 0 N–H and O–H groups in total. The maximum absolute atomic E-state index is 10.5. The molecule has 0 heterocycles. The molecular weight excluding hydrogens is 252 g/mol. The first-order valence-corrected chi connectivity index (χ1v) is 6.03. The van der Waals surface area contributed by atoms with Crippen molar-refractivity contribution in [3.05, 3.63) is 47.5 Å². The SMILES string of the molecule is Cc1ccc(-c2cccc(N=C=O)c2)c(C)c1N=C=O. The van der Waals surface area contributed by atoms with E-state index < -0.39 is 0 Å². The summed E-state index contributed by atoms with van der Waals surface area (Å²) in [4.78, 5) is 28.2. The van der Waals surface area contributed by atoms with E-state index in [1.54, 1.807) is 18.2 Å². The van der Waals surface area contributed by atoms with E-state index in [1.165, 1.54) is 6.08 Å². The zero-order chi connectivity index (χ0) is 14.5. The van der Waals surface area contributed by atoms with Crippen molar-refractivity contribution < 1.29 is 9.59 Å². The standard InChI is InChI=1S/C16H12N2O2/c1-11-6-7-15(12(2)16(11)18-10-20)13-4-3-5-14(8-13)17-9-19/h3-8H,1-2H3. The molecule has 0 spiro atoms. The molecule has 20 heavy (non-hydrogen) atoms. The summed E-state index contributed by atoms with van der Waals surface area (Å²) in [5.74, 6) is 0. The topological polar surface area (TPSA) is 58.9 Å². The molecule has 0 aliphatic carbocycles. The summed E-state index contributed by atoms with van der Waals surface area (Å²) in [6.07, 6.45) is 3.10. The summed E-state index contributed by atoms with van der Waals surface area (Å²) in [6.45, 7) is 3.79. The Kier molecular flexibility index (Phi) is 4.02. The number of aliphatic imine (C=N–C) groups is 2. The molecule has 0 saturated heterocycles. The maximum atomic E-state index is 10.5. The van der Waals surface area contributed by atoms with Crippen LogP contribution in [0.2, 0.25) is 0 Å². The molecule has 0 unspecified atom stereocenters. The first-order chi connectivity index (χ1) is 9.67. The van der Waals surface area contributed by atoms with Gasteiger partial charge < -0.3 is 0 Å². The number of rotatable bonds is 3. The minimum Gasteiger partial charge on any atom is -0.211 e. The van der Waals surface area contributed by atoms with Gasteiger partial charge in [-0.2, -0.15) is 9.98 Å². The van der Waals surface area contributed by atoms with E-state index in [4.69, 9.17) is 0 Å². The Bertz CT molecular complexity index is 753. The third kappa shape index (κ3) is 2.62. The van der Waals surface area contributed by atoms with E-state index in [1.807, 2.05) is 38.1 Å². The number of hydrogen-bond donors (Lipinski definition) is 0. The van der Waals surface area contributed by atoms with Gasteiger partial charge in [0.25, 0.3) is 0 Å². The third-order valence-corrected chi connectivity index (χ3v) is 3.12. The van der Waals surface area contributed by atoms with Gasteiger partial charge in [0.05, 0.1) is 11.4 Å². The van der Waals surface area contributed by atoms with E-state index in [0.717, 1.165) is 22.3 Å². The average molecular weight is 264 g/mol. The lowest BCUT2D eigenvalue weighted by Gasteiger charge is -2.10. The Labute approximate surface area is 116 Å². The van der Waals surface area contributed by atoms with Gasteiger partial charge >= 0.3 is 0 Å². The van der Waals surface area contributed by atoms with E-state index in [2.05, 4.69) is 9.98 Å². The monoisotopic (exact) mass is 264 g/mol. The summed E-state index contributed by atoms with van der Waals surface area (Å²) in [5.41, 5.74) is 4.81. The fourth-order valence-corrected chi connectivity index (χ4v) is 2.16. The highest BCUT2D eigenvalue weighted by Crippen LogP contribution is 2.34. The van der Waals surface area contributed by atoms with Crippen LogP contribution in [0, 0.1) is 13.8 Å². The average Bonchev–Trinajstić information content (AvgIpc) is 2.44. The van der Waals surface area contributed by atoms with Crippen LogP contribution < -0.4 is 0 Å². The Morgan fingerprint density at radius 2 is 1.70 bits per heavy atom. The second-order valence-corrected chi connectivity index (χ2v) is 4.36. The fraction of sp³-hybridized carbons (Fsp3) is 0.125. The van der Waals surface area contributed by atoms with Crippen LogP contribution in [0.25, 0.3) is 11.1 Å². The van der Waals surface area contributed by atoms with E-state index in [-0.39, 0.29) is 0 Å². The van der Waals surface area contributed by atoms with Crippen molar-refractivity contribution in [3.63, 3.8) is 0 Å². The Hall–Kier alpha value is -2.80. The predicted molar refractivity (Wildman–Crippen MR) is 76.9 cm³/mol. The highest BCUT2D eigenvalue weighted by Gasteiger charge is 2.09. The van der Waals surface area contributed by atoms with Gasteiger partial charge in [-0.25, -0.2) is 9.59 Å². The minimum absolute atomic E-state index is 0.540. The van der Waals surface area contributed by atoms with Crippen molar-refractivity contribution in [1.82, 2.24) is 0 Å². The van der Waals surface area contributed by atoms with Crippen molar-refractivity contribution >= 4 is 23.5 Å². The van der Waals surface area contributed by atoms with Crippen LogP contribution in [0.4, 0.5) is 11.4 Å². The molecule has 0 amide bonds. The third-order valence-electron chi connectivity index (χ3n) is 3.12. The number of carbonyl (C=O) groups excluding carboxylic acids is 2. The van der Waals surface area contributed by atoms with Gasteiger partial charge in [-0.15, -0.1) is 0 Å². The fourth-order valence-electron chi connectivity index (χ4n) is 2.16. The van der Waals surface area contributed by atoms with E-state index in [0.29, 0.717) is 11.4 Å². The predicted octanol–water partition coefficient (Wildman–Crippen LogP) is 3.91. The molecule has 0 aliphatic rings. The van der Waals surface area contributed by atoms with Crippen LogP contribution in [0.5, 0.6) is 0 Å². The van der Waals surface area contributed by atoms with Crippen LogP contribution in [-0.4, -0.2) is 12.2 Å². The van der Waals surface area contributed by atoms with Gasteiger partial charge in [-0.3, -0.25) is 0 Å². The van der Waals surface area contributed by atoms with Crippen LogP contribution in [0.1, 0.15) is 11.1 Å². The molecule has 0 atom stereocenters. The molecule has 0 radical (unpaired) electrons. The lowest BCUT2D eigenvalue weighted by atomic mass is 9.96. The molecule has 2 aromatic rings. The van der Waals surface area contributed by atoms with Gasteiger partial charge in [-0.1, -0.05) is 24.3 Å². The smallest absolute Gasteiger partial charge is 0.211 e. The number of nitrogens with zero attached hydrogens (tertiary/aromatic N) is 2. The number of aryl methyl sites for hydroxylation is 1. The summed E-state index contributed by atoms with van der Waals surface area (Å²) < 4.78 is 0. The molecule has 98 valence electrons. The normalized spacial score (nSPS) is 9.50. The molecule has 4 nitrogen and oxygen atoms in total. The zero-order valence-corrected chi connectivity index (χ0v) is 11.2. The lowest BCUT2D eigenvalue weighted by molar-refractivity contribution is 0.564. The molecule has 2 aromatic carbocycles. The Morgan fingerprint density at radius 3 is 2.40 bits per heavy atom. The maximum Gasteiger partial charge on any atom is 0.240 e. The van der Waals surface area contributed by atoms with Crippen molar-refractivity contribution in [2.75, 3.05) is 0 Å². The summed E-state index contributed by atoms with van der Waals surface area (Å²) in [5, 5.41) is 0. The summed E-state index contributed by atoms with van der Waals surface area (Å²) in [7, 11) is 0. The first kappa shape index (κ1) is 13.6. The van der Waals surface area contributed by atoms with Gasteiger partial charge in [0.2, 0.25) is 12.2 Å². The van der Waals surface area contributed by atoms with Gasteiger partial charge in [0.1, 0.15) is 0 Å². The van der Waals surface area contributed by atoms with E-state index >= 15 is 0 Å². The molecule has 0 fully saturated rings. The highest BCUT2D eigenvalue weighted by molar-refractivity contribution is 5.77. The first-order valence-electron chi connectivity index (χ1n) is 6.03. The molecule has 0 saturated carbocycles. The number of benzene rings is 2. The number of hydrogen-bond acceptors (Lipinski definition) is 4. The van der Waals surface area contributed by atoms with Gasteiger partial charge in [0.15, 0.2) is 0 Å². The molecule has 2 rings (SSSR count). The van der Waals surface area contributed by atoms with Gasteiger partial charge in [-0.05, 0) is 48.2 Å². The largest absolute Gasteiger partial charge is 0.240 e. The second kappa shape index (κ2) is 5.89. The quantitative estimate of drug-likeness (QED) is 0.623. The van der Waals surface area contributed by atoms with Crippen LogP contribution >= 0.6 is 0 Å². The Balaban J connectivity index is 2.64. The Morgan fingerprint density at radius 1 is 0.950 bits per heavy atom. The molecule has 4 heteroatoms. The lowest BCUT2D eigenvalue weighted by Crippen LogP contribution is -1.87. The van der Waals surface area contributed by atoms with Crippen molar-refractivity contribution in [3.8, 4) is 11.1 Å². The van der Waals surface area contributed by atoms with Crippen molar-refractivity contribution in [2.24, 2.45) is 9.98 Å². The summed E-state index contributed by atoms with van der Waals surface area (Å²) in [6, 6.07) is 11.1. The summed E-state index contributed by atoms with van der Waals surface area (Å²) >= 11 is 0. The van der Waals surface area contributed by atoms with Crippen molar-refractivity contribution in [2.45, 2.75) is 13.8 Å². The molecule has 0 aliphatic heterocycles. The second-order valence-electron chi connectivity index (χ2n) is 4.36. The molecular formula is C16H12N2O2. The van der Waals surface area contributed by atoms with Gasteiger partial charge in [0, 0.05) is 0 Å². The van der Waals surface area contributed by atoms with Crippen LogP contribution in [0.3, 0.4) is 0 Å². The highest BCUT2D eigenvalue weighted by atomic mass is 16.1.